The van der Waals surface area contributed by atoms with Gasteiger partial charge in [0, 0.05) is 30.0 Å². The highest BCUT2D eigenvalue weighted by molar-refractivity contribution is 5.76. The van der Waals surface area contributed by atoms with E-state index in [-0.39, 0.29) is 64.1 Å². The van der Waals surface area contributed by atoms with Crippen LogP contribution in [0.4, 0.5) is 0 Å². The van der Waals surface area contributed by atoms with Crippen LogP contribution in [0.1, 0.15) is 107 Å². The number of ether oxygens (including phenoxy) is 4. The zero-order valence-corrected chi connectivity index (χ0v) is 29.3. The van der Waals surface area contributed by atoms with Gasteiger partial charge in [-0.1, -0.05) is 34.6 Å². The van der Waals surface area contributed by atoms with E-state index in [1.165, 1.54) is 12.8 Å². The molecule has 0 aromatic carbocycles. The molecule has 7 aliphatic rings. The number of nitrogens with two attached hydrogens (primary N) is 1. The number of hydrogen-bond acceptors (Lipinski definition) is 8. The van der Waals surface area contributed by atoms with Crippen molar-refractivity contribution in [2.75, 3.05) is 26.4 Å². The van der Waals surface area contributed by atoms with Gasteiger partial charge in [0.15, 0.2) is 0 Å². The molecule has 8 nitrogen and oxygen atoms in total. The second-order valence-corrected chi connectivity index (χ2v) is 18.1. The summed E-state index contributed by atoms with van der Waals surface area (Å²) in [5.74, 6) is 1.95. The van der Waals surface area contributed by atoms with Crippen LogP contribution in [0.5, 0.6) is 0 Å². The number of carbonyl (C=O) groups excluding carboxylic acids is 1. The third-order valence-electron chi connectivity index (χ3n) is 15.5. The van der Waals surface area contributed by atoms with Gasteiger partial charge in [-0.25, -0.2) is 0 Å². The first kappa shape index (κ1) is 32.8. The van der Waals surface area contributed by atoms with Crippen LogP contribution in [0.2, 0.25) is 0 Å². The lowest BCUT2D eigenvalue weighted by atomic mass is 9.43. The molecule has 0 aromatic heterocycles. The van der Waals surface area contributed by atoms with Gasteiger partial charge in [-0.15, -0.1) is 0 Å². The largest absolute Gasteiger partial charge is 0.461 e. The van der Waals surface area contributed by atoms with Gasteiger partial charge in [0.25, 0.3) is 0 Å². The van der Waals surface area contributed by atoms with Crippen LogP contribution in [-0.2, 0) is 23.7 Å². The van der Waals surface area contributed by atoms with Gasteiger partial charge in [0.05, 0.1) is 31.0 Å². The molecule has 0 amide bonds. The van der Waals surface area contributed by atoms with E-state index in [0.29, 0.717) is 55.5 Å². The molecule has 7 rings (SSSR count). The van der Waals surface area contributed by atoms with Crippen LogP contribution < -0.4 is 11.1 Å². The molecular formula is C37H62N2O6. The molecule has 0 radical (unpaired) electrons. The van der Waals surface area contributed by atoms with Gasteiger partial charge >= 0.3 is 5.97 Å². The Kier molecular flexibility index (Phi) is 7.73. The molecule has 14 unspecified atom stereocenters. The first-order valence-electron chi connectivity index (χ1n) is 18.4. The normalized spacial score (nSPS) is 52.4. The van der Waals surface area contributed by atoms with Crippen molar-refractivity contribution in [3.8, 4) is 0 Å². The van der Waals surface area contributed by atoms with Gasteiger partial charge in [0.1, 0.15) is 18.2 Å². The second-order valence-electron chi connectivity index (χ2n) is 18.1. The van der Waals surface area contributed by atoms with Gasteiger partial charge in [-0.05, 0) is 112 Å². The molecule has 256 valence electrons. The van der Waals surface area contributed by atoms with E-state index in [1.54, 1.807) is 0 Å². The Morgan fingerprint density at radius 3 is 2.47 bits per heavy atom. The lowest BCUT2D eigenvalue weighted by Crippen LogP contribution is -2.68. The van der Waals surface area contributed by atoms with E-state index in [9.17, 15) is 9.90 Å². The molecule has 2 aliphatic heterocycles. The molecule has 14 atom stereocenters. The minimum absolute atomic E-state index is 0.0150. The summed E-state index contributed by atoms with van der Waals surface area (Å²) in [7, 11) is 0. The predicted molar refractivity (Wildman–Crippen MR) is 172 cm³/mol. The highest BCUT2D eigenvalue weighted by atomic mass is 16.6. The van der Waals surface area contributed by atoms with Crippen molar-refractivity contribution in [2.45, 2.75) is 148 Å². The summed E-state index contributed by atoms with van der Waals surface area (Å²) >= 11 is 0. The first-order valence-corrected chi connectivity index (χ1v) is 18.4. The molecule has 2 heterocycles. The van der Waals surface area contributed by atoms with Crippen molar-refractivity contribution < 1.29 is 28.8 Å². The highest BCUT2D eigenvalue weighted by Gasteiger charge is 2.84. The number of aliphatic hydroxyl groups is 1. The Morgan fingerprint density at radius 1 is 1.09 bits per heavy atom. The van der Waals surface area contributed by atoms with Gasteiger partial charge < -0.3 is 35.1 Å². The second kappa shape index (κ2) is 10.6. The standard InChI is InChI=1S/C37H62N2O6/c1-9-43-30(33(6,7)41)24-18-21(2)28-29(44-24)22(3)37(38)26-11-10-25-32(4,5)27(45-31(40)23-19-42-17-16-39-23)12-13-35(25)20-36(26,35)15-14-34(28,37)8/h21-30,39,41H,9-20,38H2,1-8H3. The molecule has 45 heavy (non-hydrogen) atoms. The smallest absolute Gasteiger partial charge is 0.325 e. The predicted octanol–water partition coefficient (Wildman–Crippen LogP) is 4.84. The molecule has 7 fully saturated rings. The molecule has 5 aliphatic carbocycles. The summed E-state index contributed by atoms with van der Waals surface area (Å²) in [4.78, 5) is 13.2. The number of rotatable bonds is 6. The van der Waals surface area contributed by atoms with Crippen molar-refractivity contribution in [1.29, 1.82) is 0 Å². The Bertz CT molecular complexity index is 1170. The summed E-state index contributed by atoms with van der Waals surface area (Å²) in [6, 6.07) is -0.356. The van der Waals surface area contributed by atoms with Crippen molar-refractivity contribution >= 4 is 5.97 Å². The van der Waals surface area contributed by atoms with E-state index in [2.05, 4.69) is 39.9 Å². The molecular weight excluding hydrogens is 568 g/mol. The SMILES string of the molecule is CCOC(C1CC(C)C2C(O1)C(C)C1(N)C3CCC4C(C)(C)C(OC(=O)C5COCCN5)CCC45CC35CCC21C)C(C)(C)O. The van der Waals surface area contributed by atoms with Gasteiger partial charge in [0.2, 0.25) is 0 Å². The summed E-state index contributed by atoms with van der Waals surface area (Å²) in [6.45, 7) is 20.1. The van der Waals surface area contributed by atoms with E-state index in [0.717, 1.165) is 38.5 Å². The minimum Gasteiger partial charge on any atom is -0.461 e. The highest BCUT2D eigenvalue weighted by Crippen LogP contribution is 2.88. The van der Waals surface area contributed by atoms with E-state index < -0.39 is 5.60 Å². The van der Waals surface area contributed by atoms with Crippen LogP contribution in [0.15, 0.2) is 0 Å². The summed E-state index contributed by atoms with van der Waals surface area (Å²) in [5, 5.41) is 14.4. The minimum atomic E-state index is -0.977. The van der Waals surface area contributed by atoms with E-state index in [4.69, 9.17) is 24.7 Å². The number of fused-ring (bicyclic) bond motifs is 4. The van der Waals surface area contributed by atoms with Crippen LogP contribution in [0.25, 0.3) is 0 Å². The Morgan fingerprint density at radius 2 is 1.80 bits per heavy atom. The Hall–Kier alpha value is -0.770. The van der Waals surface area contributed by atoms with E-state index in [1.807, 2.05) is 20.8 Å². The maximum Gasteiger partial charge on any atom is 0.325 e. The lowest BCUT2D eigenvalue weighted by molar-refractivity contribution is -0.209. The number of morpholine rings is 1. The van der Waals surface area contributed by atoms with Gasteiger partial charge in [-0.3, -0.25) is 4.79 Å². The third-order valence-corrected chi connectivity index (χ3v) is 15.5. The molecule has 4 N–H and O–H groups in total. The van der Waals surface area contributed by atoms with Crippen molar-refractivity contribution in [2.24, 2.45) is 57.0 Å². The van der Waals surface area contributed by atoms with Crippen molar-refractivity contribution in [1.82, 2.24) is 5.32 Å². The Balaban J connectivity index is 1.14. The molecule has 0 aromatic rings. The summed E-state index contributed by atoms with van der Waals surface area (Å²) in [5.41, 5.74) is 7.25. The number of hydrogen-bond donors (Lipinski definition) is 3. The molecule has 2 spiro atoms. The maximum atomic E-state index is 13.2. The van der Waals surface area contributed by atoms with Gasteiger partial charge in [-0.2, -0.15) is 0 Å². The number of carbonyl (C=O) groups is 1. The number of nitrogens with one attached hydrogen (secondary N) is 1. The van der Waals surface area contributed by atoms with Crippen LogP contribution in [0, 0.1) is 51.2 Å². The summed E-state index contributed by atoms with van der Waals surface area (Å²) < 4.78 is 25.1. The topological polar surface area (TPSA) is 112 Å². The quantitative estimate of drug-likeness (QED) is 0.358. The molecule has 2 saturated heterocycles. The zero-order valence-electron chi connectivity index (χ0n) is 29.3. The molecule has 8 heteroatoms. The third kappa shape index (κ3) is 4.33. The average Bonchev–Trinajstić information content (AvgIpc) is 3.61. The van der Waals surface area contributed by atoms with Crippen molar-refractivity contribution in [3.63, 3.8) is 0 Å². The lowest BCUT2D eigenvalue weighted by Gasteiger charge is -2.63. The molecule has 0 bridgehead atoms. The van der Waals surface area contributed by atoms with E-state index >= 15 is 0 Å². The van der Waals surface area contributed by atoms with Crippen LogP contribution >= 0.6 is 0 Å². The Labute approximate surface area is 271 Å². The van der Waals surface area contributed by atoms with Crippen molar-refractivity contribution in [3.05, 3.63) is 0 Å². The van der Waals surface area contributed by atoms with Crippen LogP contribution in [-0.4, -0.2) is 79.0 Å². The maximum absolute atomic E-state index is 13.2. The molecule has 5 saturated carbocycles. The van der Waals surface area contributed by atoms with Crippen LogP contribution in [0.3, 0.4) is 0 Å². The fourth-order valence-electron chi connectivity index (χ4n) is 13.7. The first-order chi connectivity index (χ1) is 21.1. The summed E-state index contributed by atoms with van der Waals surface area (Å²) in [6.07, 6.45) is 8.47. The fourth-order valence-corrected chi connectivity index (χ4v) is 13.7. The average molecular weight is 631 g/mol. The fraction of sp³-hybridized carbons (Fsp3) is 0.973. The monoisotopic (exact) mass is 630 g/mol. The number of esters is 1. The zero-order chi connectivity index (χ0) is 32.4.